The quantitative estimate of drug-likeness (QED) is 0.102. The average molecular weight is 466 g/mol. The highest BCUT2D eigenvalue weighted by atomic mass is 16.4. The van der Waals surface area contributed by atoms with E-state index in [4.69, 9.17) is 0 Å². The monoisotopic (exact) mass is 465 g/mol. The first kappa shape index (κ1) is 32.2. The molecule has 0 saturated carbocycles. The summed E-state index contributed by atoms with van der Waals surface area (Å²) in [5.74, 6) is -0.704. The molecular formula is C30H59NO2. The van der Waals surface area contributed by atoms with E-state index in [2.05, 4.69) is 19.1 Å². The molecule has 0 aliphatic heterocycles. The number of nitrogens with zero attached hydrogens (tertiary/aromatic N) is 1. The van der Waals surface area contributed by atoms with Gasteiger partial charge in [0.2, 0.25) is 0 Å². The van der Waals surface area contributed by atoms with Crippen molar-refractivity contribution in [2.75, 3.05) is 14.1 Å². The molecule has 0 heterocycles. The van der Waals surface area contributed by atoms with Crippen molar-refractivity contribution in [2.45, 2.75) is 161 Å². The predicted molar refractivity (Wildman–Crippen MR) is 146 cm³/mol. The highest BCUT2D eigenvalue weighted by molar-refractivity contribution is 5.73. The molecule has 1 N–H and O–H groups in total. The predicted octanol–water partition coefficient (Wildman–Crippen LogP) is 9.55. The van der Waals surface area contributed by atoms with Gasteiger partial charge in [-0.15, -0.1) is 0 Å². The van der Waals surface area contributed by atoms with E-state index in [0.717, 1.165) is 25.7 Å². The van der Waals surface area contributed by atoms with Crippen LogP contribution in [0.2, 0.25) is 0 Å². The summed E-state index contributed by atoms with van der Waals surface area (Å²) in [7, 11) is 3.69. The molecule has 0 amide bonds. The zero-order valence-corrected chi connectivity index (χ0v) is 22.8. The van der Waals surface area contributed by atoms with E-state index in [-0.39, 0.29) is 6.04 Å². The molecule has 3 nitrogen and oxygen atoms in total. The fourth-order valence-corrected chi connectivity index (χ4v) is 4.60. The molecule has 1 atom stereocenters. The summed E-state index contributed by atoms with van der Waals surface area (Å²) in [6.45, 7) is 2.29. The Hall–Kier alpha value is -0.830. The Kier molecular flexibility index (Phi) is 25.1. The van der Waals surface area contributed by atoms with Crippen LogP contribution < -0.4 is 0 Å². The van der Waals surface area contributed by atoms with Gasteiger partial charge >= 0.3 is 5.97 Å². The summed E-state index contributed by atoms with van der Waals surface area (Å²) < 4.78 is 0. The molecule has 0 aromatic carbocycles. The van der Waals surface area contributed by atoms with Crippen LogP contribution in [-0.4, -0.2) is 36.1 Å². The zero-order valence-electron chi connectivity index (χ0n) is 22.8. The second kappa shape index (κ2) is 25.8. The number of carboxylic acids is 1. The number of hydrogen-bond acceptors (Lipinski definition) is 2. The lowest BCUT2D eigenvalue weighted by molar-refractivity contribution is -0.142. The van der Waals surface area contributed by atoms with Crippen molar-refractivity contribution >= 4 is 5.97 Å². The van der Waals surface area contributed by atoms with Crippen LogP contribution in [0, 0.1) is 0 Å². The molecule has 196 valence electrons. The summed E-state index contributed by atoms with van der Waals surface area (Å²) in [4.78, 5) is 12.9. The van der Waals surface area contributed by atoms with Gasteiger partial charge in [-0.3, -0.25) is 9.69 Å². The maximum atomic E-state index is 11.1. The number of unbranched alkanes of at least 4 members (excludes halogenated alkanes) is 20. The molecule has 0 saturated heterocycles. The van der Waals surface area contributed by atoms with E-state index in [0.29, 0.717) is 0 Å². The highest BCUT2D eigenvalue weighted by Crippen LogP contribution is 2.15. The number of hydrogen-bond donors (Lipinski definition) is 1. The minimum absolute atomic E-state index is 0.339. The largest absolute Gasteiger partial charge is 0.480 e. The van der Waals surface area contributed by atoms with Crippen LogP contribution >= 0.6 is 0 Å². The van der Waals surface area contributed by atoms with Crippen molar-refractivity contribution in [1.29, 1.82) is 0 Å². The van der Waals surface area contributed by atoms with E-state index in [1.54, 1.807) is 4.90 Å². The molecule has 1 unspecified atom stereocenters. The summed E-state index contributed by atoms with van der Waals surface area (Å²) in [6.07, 6.45) is 35.4. The Morgan fingerprint density at radius 2 is 0.939 bits per heavy atom. The molecule has 0 aromatic heterocycles. The van der Waals surface area contributed by atoms with Gasteiger partial charge in [0.25, 0.3) is 0 Å². The van der Waals surface area contributed by atoms with E-state index in [1.807, 2.05) is 14.1 Å². The number of carbonyl (C=O) groups is 1. The number of allylic oxidation sites excluding steroid dienone is 2. The van der Waals surface area contributed by atoms with Crippen molar-refractivity contribution in [2.24, 2.45) is 0 Å². The normalized spacial score (nSPS) is 12.7. The van der Waals surface area contributed by atoms with Crippen LogP contribution in [0.3, 0.4) is 0 Å². The first-order chi connectivity index (χ1) is 16.1. The summed E-state index contributed by atoms with van der Waals surface area (Å²) in [5, 5.41) is 9.17. The number of carboxylic acid groups (broad SMARTS) is 1. The Balaban J connectivity index is 3.21. The van der Waals surface area contributed by atoms with Gasteiger partial charge in [0.1, 0.15) is 6.04 Å². The minimum atomic E-state index is -0.704. The van der Waals surface area contributed by atoms with Gasteiger partial charge in [-0.05, 0) is 46.2 Å². The van der Waals surface area contributed by atoms with Gasteiger partial charge in [-0.1, -0.05) is 135 Å². The lowest BCUT2D eigenvalue weighted by Crippen LogP contribution is -2.35. The molecule has 0 aliphatic carbocycles. The zero-order chi connectivity index (χ0) is 24.4. The standard InChI is InChI=1S/C30H59NO2/c1-4-5-6-7-8-9-10-11-12-13-14-15-16-17-18-19-20-21-22-23-24-25-26-27-28-29(30(32)33)31(2)3/h23-24,29H,4-22,25-28H2,1-3H3,(H,32,33). The van der Waals surface area contributed by atoms with Gasteiger partial charge < -0.3 is 5.11 Å². The van der Waals surface area contributed by atoms with Gasteiger partial charge in [0, 0.05) is 0 Å². The van der Waals surface area contributed by atoms with Crippen LogP contribution in [0.5, 0.6) is 0 Å². The van der Waals surface area contributed by atoms with Crippen molar-refractivity contribution < 1.29 is 9.90 Å². The molecular weight excluding hydrogens is 406 g/mol. The van der Waals surface area contributed by atoms with Crippen LogP contribution in [0.25, 0.3) is 0 Å². The average Bonchev–Trinajstić information content (AvgIpc) is 2.78. The highest BCUT2D eigenvalue weighted by Gasteiger charge is 2.18. The number of likely N-dealkylation sites (N-methyl/N-ethyl adjacent to an activating group) is 1. The maximum absolute atomic E-state index is 11.1. The van der Waals surface area contributed by atoms with E-state index in [9.17, 15) is 9.90 Å². The molecule has 33 heavy (non-hydrogen) atoms. The fraction of sp³-hybridized carbons (Fsp3) is 0.900. The molecule has 0 radical (unpaired) electrons. The number of aliphatic carboxylic acids is 1. The summed E-state index contributed by atoms with van der Waals surface area (Å²) in [6, 6.07) is -0.339. The third-order valence-corrected chi connectivity index (χ3v) is 6.90. The smallest absolute Gasteiger partial charge is 0.320 e. The number of rotatable bonds is 26. The third kappa shape index (κ3) is 24.1. The lowest BCUT2D eigenvalue weighted by Gasteiger charge is -2.19. The SMILES string of the molecule is CCCCCCCCCCCCCCCCCCCCC=CCCCCC(C(=O)O)N(C)C. The second-order valence-corrected chi connectivity index (χ2v) is 10.4. The topological polar surface area (TPSA) is 40.5 Å². The summed E-state index contributed by atoms with van der Waals surface area (Å²) in [5.41, 5.74) is 0. The Bertz CT molecular complexity index is 433. The van der Waals surface area contributed by atoms with Crippen molar-refractivity contribution in [3.05, 3.63) is 12.2 Å². The molecule has 0 spiro atoms. The van der Waals surface area contributed by atoms with E-state index < -0.39 is 5.97 Å². The molecule has 0 rings (SSSR count). The third-order valence-electron chi connectivity index (χ3n) is 6.90. The molecule has 0 fully saturated rings. The van der Waals surface area contributed by atoms with Crippen molar-refractivity contribution in [3.8, 4) is 0 Å². The molecule has 0 aromatic rings. The second-order valence-electron chi connectivity index (χ2n) is 10.4. The van der Waals surface area contributed by atoms with Crippen LogP contribution in [0.4, 0.5) is 0 Å². The lowest BCUT2D eigenvalue weighted by atomic mass is 10.0. The first-order valence-corrected chi connectivity index (χ1v) is 14.6. The van der Waals surface area contributed by atoms with Crippen LogP contribution in [0.15, 0.2) is 12.2 Å². The van der Waals surface area contributed by atoms with Crippen LogP contribution in [0.1, 0.15) is 155 Å². The summed E-state index contributed by atoms with van der Waals surface area (Å²) >= 11 is 0. The van der Waals surface area contributed by atoms with Crippen molar-refractivity contribution in [1.82, 2.24) is 4.90 Å². The Labute approximate surface area is 207 Å². The molecule has 0 aliphatic rings. The van der Waals surface area contributed by atoms with Gasteiger partial charge in [0.05, 0.1) is 0 Å². The molecule has 0 bridgehead atoms. The van der Waals surface area contributed by atoms with E-state index in [1.165, 1.54) is 122 Å². The van der Waals surface area contributed by atoms with Crippen molar-refractivity contribution in [3.63, 3.8) is 0 Å². The Morgan fingerprint density at radius 1 is 0.606 bits per heavy atom. The fourth-order valence-electron chi connectivity index (χ4n) is 4.60. The van der Waals surface area contributed by atoms with Gasteiger partial charge in [0.15, 0.2) is 0 Å². The Morgan fingerprint density at radius 3 is 1.27 bits per heavy atom. The van der Waals surface area contributed by atoms with Gasteiger partial charge in [-0.2, -0.15) is 0 Å². The maximum Gasteiger partial charge on any atom is 0.320 e. The first-order valence-electron chi connectivity index (χ1n) is 14.6. The minimum Gasteiger partial charge on any atom is -0.480 e. The molecule has 3 heteroatoms. The van der Waals surface area contributed by atoms with E-state index >= 15 is 0 Å². The van der Waals surface area contributed by atoms with Gasteiger partial charge in [-0.25, -0.2) is 0 Å². The van der Waals surface area contributed by atoms with Crippen LogP contribution in [-0.2, 0) is 4.79 Å².